The van der Waals surface area contributed by atoms with E-state index in [0.29, 0.717) is 0 Å². The van der Waals surface area contributed by atoms with Crippen LogP contribution in [0.5, 0.6) is 0 Å². The summed E-state index contributed by atoms with van der Waals surface area (Å²) in [6.45, 7) is 0. The summed E-state index contributed by atoms with van der Waals surface area (Å²) >= 11 is 0. The maximum Gasteiger partial charge on any atom is 1.00 e. The average Bonchev–Trinajstić information content (AvgIpc) is 1.83. The van der Waals surface area contributed by atoms with E-state index in [-0.39, 0.29) is 106 Å². The number of alkyl halides is 8. The molecular formula is C4H4F8K2. The van der Waals surface area contributed by atoms with E-state index in [1.54, 1.807) is 0 Å². The van der Waals surface area contributed by atoms with Crippen molar-refractivity contribution in [2.24, 2.45) is 0 Å². The summed E-state index contributed by atoms with van der Waals surface area (Å²) in [6, 6.07) is 0. The molecule has 0 heterocycles. The van der Waals surface area contributed by atoms with Gasteiger partial charge >= 0.3 is 115 Å². The number of hydrogen-bond donors (Lipinski definition) is 0. The summed E-state index contributed by atoms with van der Waals surface area (Å²) in [5, 5.41) is 0. The summed E-state index contributed by atoms with van der Waals surface area (Å²) < 4.78 is 90.3. The number of rotatable bonds is 2. The SMILES string of the molecule is FC(F)C(F)C(F)(F)C(F)(F)F.[H-].[H-].[K+].[K+]. The molecule has 78 valence electrons. The van der Waals surface area contributed by atoms with E-state index in [2.05, 4.69) is 0 Å². The molecule has 0 amide bonds. The topological polar surface area (TPSA) is 0 Å². The van der Waals surface area contributed by atoms with Gasteiger partial charge < -0.3 is 2.85 Å². The van der Waals surface area contributed by atoms with Crippen LogP contribution < -0.4 is 103 Å². The van der Waals surface area contributed by atoms with Crippen molar-refractivity contribution in [2.45, 2.75) is 24.7 Å². The zero-order valence-corrected chi connectivity index (χ0v) is 13.4. The molecule has 0 aromatic rings. The molecule has 0 fully saturated rings. The van der Waals surface area contributed by atoms with Crippen LogP contribution in [-0.4, -0.2) is 24.7 Å². The van der Waals surface area contributed by atoms with Crippen molar-refractivity contribution in [3.8, 4) is 0 Å². The molecule has 14 heavy (non-hydrogen) atoms. The second kappa shape index (κ2) is 7.93. The van der Waals surface area contributed by atoms with Crippen LogP contribution in [0.15, 0.2) is 0 Å². The van der Waals surface area contributed by atoms with Crippen molar-refractivity contribution in [1.82, 2.24) is 0 Å². The summed E-state index contributed by atoms with van der Waals surface area (Å²) in [4.78, 5) is 0. The van der Waals surface area contributed by atoms with E-state index in [1.807, 2.05) is 0 Å². The summed E-state index contributed by atoms with van der Waals surface area (Å²) in [7, 11) is 0. The fraction of sp³-hybridized carbons (Fsp3) is 1.00. The Morgan fingerprint density at radius 2 is 1.07 bits per heavy atom. The molecule has 0 aromatic heterocycles. The Kier molecular flexibility index (Phi) is 12.4. The first kappa shape index (κ1) is 21.9. The number of hydrogen-bond acceptors (Lipinski definition) is 0. The molecule has 1 unspecified atom stereocenters. The largest absolute Gasteiger partial charge is 1.00 e. The zero-order valence-electron chi connectivity index (χ0n) is 9.18. The van der Waals surface area contributed by atoms with Crippen LogP contribution in [0.4, 0.5) is 35.1 Å². The van der Waals surface area contributed by atoms with Gasteiger partial charge in [0, 0.05) is 0 Å². The fourth-order valence-corrected chi connectivity index (χ4v) is 0.315. The second-order valence-corrected chi connectivity index (χ2v) is 1.86. The molecular weight excluding hydrogens is 278 g/mol. The number of halogens is 8. The molecule has 0 aromatic carbocycles. The van der Waals surface area contributed by atoms with Crippen molar-refractivity contribution in [2.75, 3.05) is 0 Å². The Bertz CT molecular complexity index is 163. The third-order valence-electron chi connectivity index (χ3n) is 0.946. The standard InChI is InChI=1S/C4H2F8.2K.2H/c5-1(2(6)7)3(8,9)4(10,11)12;;;;/h1-2H;;;;/q;2*+1;2*-1. The normalized spacial score (nSPS) is 14.4. The van der Waals surface area contributed by atoms with E-state index in [0.717, 1.165) is 0 Å². The smallest absolute Gasteiger partial charge is 1.00 e. The van der Waals surface area contributed by atoms with Crippen LogP contribution in [0.3, 0.4) is 0 Å². The average molecular weight is 282 g/mol. The van der Waals surface area contributed by atoms with Crippen molar-refractivity contribution in [3.63, 3.8) is 0 Å². The van der Waals surface area contributed by atoms with Gasteiger partial charge in [-0.1, -0.05) is 0 Å². The molecule has 1 atom stereocenters. The zero-order chi connectivity index (χ0) is 10.2. The third kappa shape index (κ3) is 5.87. The summed E-state index contributed by atoms with van der Waals surface area (Å²) in [6.07, 6.45) is -15.2. The predicted molar refractivity (Wildman–Crippen MR) is 24.1 cm³/mol. The minimum absolute atomic E-state index is 0. The molecule has 0 aliphatic heterocycles. The Hall–Kier alpha value is 2.71. The molecule has 0 nitrogen and oxygen atoms in total. The Morgan fingerprint density at radius 1 is 0.786 bits per heavy atom. The van der Waals surface area contributed by atoms with Crippen LogP contribution in [0.2, 0.25) is 0 Å². The van der Waals surface area contributed by atoms with Gasteiger partial charge in [-0.25, -0.2) is 13.2 Å². The Labute approximate surface area is 162 Å². The molecule has 0 saturated heterocycles. The van der Waals surface area contributed by atoms with Crippen LogP contribution >= 0.6 is 0 Å². The quantitative estimate of drug-likeness (QED) is 0.375. The van der Waals surface area contributed by atoms with Crippen molar-refractivity contribution in [3.05, 3.63) is 0 Å². The van der Waals surface area contributed by atoms with Gasteiger partial charge in [-0.3, -0.25) is 0 Å². The Balaban J connectivity index is -0.000000101. The molecule has 0 aliphatic carbocycles. The first-order chi connectivity index (χ1) is 5.10. The first-order valence-corrected chi connectivity index (χ1v) is 2.47. The van der Waals surface area contributed by atoms with E-state index >= 15 is 0 Å². The van der Waals surface area contributed by atoms with Gasteiger partial charge in [0.05, 0.1) is 0 Å². The van der Waals surface area contributed by atoms with Crippen LogP contribution in [-0.2, 0) is 0 Å². The van der Waals surface area contributed by atoms with Crippen molar-refractivity contribution < 1.29 is 141 Å². The minimum atomic E-state index is -6.29. The van der Waals surface area contributed by atoms with Gasteiger partial charge in [-0.05, 0) is 0 Å². The molecule has 0 radical (unpaired) electrons. The predicted octanol–water partition coefficient (Wildman–Crippen LogP) is -2.98. The summed E-state index contributed by atoms with van der Waals surface area (Å²) in [5.41, 5.74) is 0. The van der Waals surface area contributed by atoms with E-state index in [4.69, 9.17) is 0 Å². The Morgan fingerprint density at radius 3 is 1.14 bits per heavy atom. The maximum atomic E-state index is 11.6. The van der Waals surface area contributed by atoms with Gasteiger partial charge in [0.2, 0.25) is 6.17 Å². The molecule has 0 rings (SSSR count). The van der Waals surface area contributed by atoms with Gasteiger partial charge in [0.1, 0.15) is 0 Å². The van der Waals surface area contributed by atoms with Gasteiger partial charge in [0.15, 0.2) is 0 Å². The summed E-state index contributed by atoms with van der Waals surface area (Å²) in [5.74, 6) is -6.00. The first-order valence-electron chi connectivity index (χ1n) is 2.47. The molecule has 0 bridgehead atoms. The maximum absolute atomic E-state index is 11.6. The molecule has 0 spiro atoms. The van der Waals surface area contributed by atoms with Gasteiger partial charge in [0.25, 0.3) is 6.43 Å². The van der Waals surface area contributed by atoms with E-state index in [9.17, 15) is 35.1 Å². The van der Waals surface area contributed by atoms with Crippen LogP contribution in [0, 0.1) is 0 Å². The fourth-order valence-electron chi connectivity index (χ4n) is 0.315. The van der Waals surface area contributed by atoms with Crippen molar-refractivity contribution in [1.29, 1.82) is 0 Å². The molecule has 10 heteroatoms. The van der Waals surface area contributed by atoms with Crippen LogP contribution in [0.1, 0.15) is 2.85 Å². The minimum Gasteiger partial charge on any atom is -1.00 e. The van der Waals surface area contributed by atoms with E-state index < -0.39 is 24.7 Å². The molecule has 0 N–H and O–H groups in total. The van der Waals surface area contributed by atoms with Gasteiger partial charge in [-0.15, -0.1) is 0 Å². The van der Waals surface area contributed by atoms with E-state index in [1.165, 1.54) is 0 Å². The molecule has 0 saturated carbocycles. The van der Waals surface area contributed by atoms with Gasteiger partial charge in [-0.2, -0.15) is 22.0 Å². The third-order valence-corrected chi connectivity index (χ3v) is 0.946. The van der Waals surface area contributed by atoms with Crippen molar-refractivity contribution >= 4 is 0 Å². The second-order valence-electron chi connectivity index (χ2n) is 1.86. The van der Waals surface area contributed by atoms with Crippen LogP contribution in [0.25, 0.3) is 0 Å². The monoisotopic (exact) mass is 282 g/mol. The molecule has 0 aliphatic rings.